The van der Waals surface area contributed by atoms with Crippen LogP contribution in [0.5, 0.6) is 0 Å². The van der Waals surface area contributed by atoms with Gasteiger partial charge in [0.15, 0.2) is 0 Å². The minimum atomic E-state index is -0.0722. The Kier molecular flexibility index (Phi) is 3.13. The van der Waals surface area contributed by atoms with Gasteiger partial charge in [0.1, 0.15) is 0 Å². The number of hydrogen-bond donors (Lipinski definition) is 2. The van der Waals surface area contributed by atoms with Crippen LogP contribution in [0.25, 0.3) is 0 Å². The average Bonchev–Trinajstić information content (AvgIpc) is 3.04. The molecule has 0 atom stereocenters. The molecule has 2 N–H and O–H groups in total. The monoisotopic (exact) mass is 218 g/mol. The Morgan fingerprint density at radius 1 is 1.25 bits per heavy atom. The van der Waals surface area contributed by atoms with Crippen molar-refractivity contribution in [1.82, 2.24) is 10.6 Å². The molecule has 0 saturated heterocycles. The maximum atomic E-state index is 11.5. The van der Waals surface area contributed by atoms with Gasteiger partial charge in [-0.15, -0.1) is 0 Å². The summed E-state index contributed by atoms with van der Waals surface area (Å²) in [5.74, 6) is 0. The standard InChI is InChI=1S/C13H18N2O/c1-13(7-8-13)10-15-12(16)14-9-11-5-3-2-4-6-11/h2-6H,7-10H2,1H3,(H2,14,15,16). The Balaban J connectivity index is 1.68. The van der Waals surface area contributed by atoms with Crippen molar-refractivity contribution in [1.29, 1.82) is 0 Å². The summed E-state index contributed by atoms with van der Waals surface area (Å²) in [6.07, 6.45) is 2.46. The molecule has 3 heteroatoms. The lowest BCUT2D eigenvalue weighted by Gasteiger charge is -2.11. The molecule has 1 saturated carbocycles. The maximum Gasteiger partial charge on any atom is 0.315 e. The summed E-state index contributed by atoms with van der Waals surface area (Å²) in [6.45, 7) is 3.57. The number of rotatable bonds is 4. The minimum absolute atomic E-state index is 0.0722. The third-order valence-corrected chi connectivity index (χ3v) is 3.08. The molecule has 0 aliphatic heterocycles. The SMILES string of the molecule is CC1(CNC(=O)NCc2ccccc2)CC1. The van der Waals surface area contributed by atoms with Crippen molar-refractivity contribution in [3.63, 3.8) is 0 Å². The van der Waals surface area contributed by atoms with E-state index in [0.29, 0.717) is 12.0 Å². The topological polar surface area (TPSA) is 41.1 Å². The summed E-state index contributed by atoms with van der Waals surface area (Å²) in [5, 5.41) is 5.75. The van der Waals surface area contributed by atoms with Crippen LogP contribution in [-0.4, -0.2) is 12.6 Å². The Bertz CT molecular complexity index is 357. The van der Waals surface area contributed by atoms with Gasteiger partial charge in [0.05, 0.1) is 0 Å². The molecule has 0 aromatic heterocycles. The molecule has 86 valence electrons. The van der Waals surface area contributed by atoms with E-state index in [-0.39, 0.29) is 6.03 Å². The van der Waals surface area contributed by atoms with Crippen LogP contribution in [0.4, 0.5) is 4.79 Å². The van der Waals surface area contributed by atoms with E-state index in [4.69, 9.17) is 0 Å². The number of carbonyl (C=O) groups excluding carboxylic acids is 1. The van der Waals surface area contributed by atoms with Gasteiger partial charge in [-0.1, -0.05) is 37.3 Å². The summed E-state index contributed by atoms with van der Waals surface area (Å²) >= 11 is 0. The number of benzene rings is 1. The second kappa shape index (κ2) is 4.56. The first-order chi connectivity index (χ1) is 7.68. The fourth-order valence-electron chi connectivity index (χ4n) is 1.52. The van der Waals surface area contributed by atoms with Gasteiger partial charge in [-0.3, -0.25) is 0 Å². The molecule has 0 heterocycles. The summed E-state index contributed by atoms with van der Waals surface area (Å²) in [7, 11) is 0. The van der Waals surface area contributed by atoms with Crippen LogP contribution in [-0.2, 0) is 6.54 Å². The molecule has 0 unspecified atom stereocenters. The van der Waals surface area contributed by atoms with Gasteiger partial charge in [0, 0.05) is 13.1 Å². The Morgan fingerprint density at radius 2 is 1.94 bits per heavy atom. The van der Waals surface area contributed by atoms with Crippen molar-refractivity contribution < 1.29 is 4.79 Å². The number of hydrogen-bond acceptors (Lipinski definition) is 1. The first-order valence-electron chi connectivity index (χ1n) is 5.74. The Morgan fingerprint density at radius 3 is 2.56 bits per heavy atom. The highest BCUT2D eigenvalue weighted by Crippen LogP contribution is 2.43. The van der Waals surface area contributed by atoms with E-state index in [1.807, 2.05) is 30.3 Å². The Hall–Kier alpha value is -1.51. The summed E-state index contributed by atoms with van der Waals surface area (Å²) in [6, 6.07) is 9.85. The van der Waals surface area contributed by atoms with E-state index in [1.165, 1.54) is 12.8 Å². The lowest BCUT2D eigenvalue weighted by atomic mass is 10.1. The fourth-order valence-corrected chi connectivity index (χ4v) is 1.52. The Labute approximate surface area is 96.2 Å². The average molecular weight is 218 g/mol. The third kappa shape index (κ3) is 3.26. The second-order valence-electron chi connectivity index (χ2n) is 4.83. The zero-order chi connectivity index (χ0) is 11.4. The predicted octanol–water partition coefficient (Wildman–Crippen LogP) is 2.29. The number of amides is 2. The van der Waals surface area contributed by atoms with Gasteiger partial charge >= 0.3 is 6.03 Å². The van der Waals surface area contributed by atoms with Gasteiger partial charge in [-0.25, -0.2) is 4.79 Å². The van der Waals surface area contributed by atoms with E-state index in [9.17, 15) is 4.79 Å². The van der Waals surface area contributed by atoms with Crippen LogP contribution in [0, 0.1) is 5.41 Å². The van der Waals surface area contributed by atoms with Gasteiger partial charge in [-0.2, -0.15) is 0 Å². The molecule has 2 rings (SSSR count). The highest BCUT2D eigenvalue weighted by Gasteiger charge is 2.37. The van der Waals surface area contributed by atoms with Crippen LogP contribution in [0.3, 0.4) is 0 Å². The fraction of sp³-hybridized carbons (Fsp3) is 0.462. The quantitative estimate of drug-likeness (QED) is 0.799. The molecule has 1 aliphatic rings. The number of carbonyl (C=O) groups is 1. The first-order valence-corrected chi connectivity index (χ1v) is 5.74. The van der Waals surface area contributed by atoms with Crippen LogP contribution >= 0.6 is 0 Å². The van der Waals surface area contributed by atoms with Crippen molar-refractivity contribution >= 4 is 6.03 Å². The molecular weight excluding hydrogens is 200 g/mol. The molecule has 1 aromatic carbocycles. The van der Waals surface area contributed by atoms with Crippen LogP contribution < -0.4 is 10.6 Å². The van der Waals surface area contributed by atoms with E-state index >= 15 is 0 Å². The van der Waals surface area contributed by atoms with Gasteiger partial charge in [0.2, 0.25) is 0 Å². The van der Waals surface area contributed by atoms with E-state index in [2.05, 4.69) is 17.6 Å². The predicted molar refractivity (Wildman–Crippen MR) is 64.0 cm³/mol. The highest BCUT2D eigenvalue weighted by molar-refractivity contribution is 5.73. The molecule has 2 amide bonds. The lowest BCUT2D eigenvalue weighted by molar-refractivity contribution is 0.238. The van der Waals surface area contributed by atoms with Crippen molar-refractivity contribution in [3.05, 3.63) is 35.9 Å². The molecule has 1 aromatic rings. The molecule has 1 fully saturated rings. The van der Waals surface area contributed by atoms with Crippen molar-refractivity contribution in [3.8, 4) is 0 Å². The molecule has 3 nitrogen and oxygen atoms in total. The summed E-state index contributed by atoms with van der Waals surface area (Å²) in [5.41, 5.74) is 1.49. The summed E-state index contributed by atoms with van der Waals surface area (Å²) in [4.78, 5) is 11.5. The molecule has 1 aliphatic carbocycles. The van der Waals surface area contributed by atoms with E-state index < -0.39 is 0 Å². The van der Waals surface area contributed by atoms with Gasteiger partial charge in [0.25, 0.3) is 0 Å². The molecular formula is C13H18N2O. The molecule has 0 bridgehead atoms. The van der Waals surface area contributed by atoms with Crippen molar-refractivity contribution in [2.75, 3.05) is 6.54 Å². The van der Waals surface area contributed by atoms with E-state index in [1.54, 1.807) is 0 Å². The van der Waals surface area contributed by atoms with Gasteiger partial charge in [-0.05, 0) is 23.8 Å². The van der Waals surface area contributed by atoms with Crippen LogP contribution in [0.2, 0.25) is 0 Å². The number of nitrogens with one attached hydrogen (secondary N) is 2. The molecule has 16 heavy (non-hydrogen) atoms. The van der Waals surface area contributed by atoms with E-state index in [0.717, 1.165) is 12.1 Å². The van der Waals surface area contributed by atoms with Crippen molar-refractivity contribution in [2.45, 2.75) is 26.3 Å². The van der Waals surface area contributed by atoms with Crippen LogP contribution in [0.1, 0.15) is 25.3 Å². The lowest BCUT2D eigenvalue weighted by Crippen LogP contribution is -2.37. The number of urea groups is 1. The molecule has 0 spiro atoms. The highest BCUT2D eigenvalue weighted by atomic mass is 16.2. The maximum absolute atomic E-state index is 11.5. The van der Waals surface area contributed by atoms with Crippen molar-refractivity contribution in [2.24, 2.45) is 5.41 Å². The molecule has 0 radical (unpaired) electrons. The first kappa shape index (κ1) is 11.0. The second-order valence-corrected chi connectivity index (χ2v) is 4.83. The minimum Gasteiger partial charge on any atom is -0.338 e. The van der Waals surface area contributed by atoms with Gasteiger partial charge < -0.3 is 10.6 Å². The largest absolute Gasteiger partial charge is 0.338 e. The normalized spacial score (nSPS) is 16.6. The summed E-state index contributed by atoms with van der Waals surface area (Å²) < 4.78 is 0. The zero-order valence-corrected chi connectivity index (χ0v) is 9.62. The smallest absolute Gasteiger partial charge is 0.315 e. The zero-order valence-electron chi connectivity index (χ0n) is 9.62. The van der Waals surface area contributed by atoms with Crippen LogP contribution in [0.15, 0.2) is 30.3 Å². The third-order valence-electron chi connectivity index (χ3n) is 3.08.